The van der Waals surface area contributed by atoms with Crippen LogP contribution in [0.1, 0.15) is 65.0 Å². The SMILES string of the molecule is C/C=C\S/C(C1=CC2CN(C(=O)/C=C/c3cnc4c(c3)CCC(=O)N4)CC2C1)=C(\C)CC.CC. The largest absolute Gasteiger partial charge is 0.338 e. The maximum absolute atomic E-state index is 12.8. The van der Waals surface area contributed by atoms with Gasteiger partial charge in [-0.15, -0.1) is 0 Å². The molecule has 5 nitrogen and oxygen atoms in total. The van der Waals surface area contributed by atoms with Crippen molar-refractivity contribution in [1.29, 1.82) is 0 Å². The predicted molar refractivity (Wildman–Crippen MR) is 143 cm³/mol. The van der Waals surface area contributed by atoms with Gasteiger partial charge in [0, 0.05) is 36.7 Å². The number of hydrogen-bond acceptors (Lipinski definition) is 4. The third-order valence-electron chi connectivity index (χ3n) is 6.52. The third kappa shape index (κ3) is 6.09. The van der Waals surface area contributed by atoms with Crippen LogP contribution in [0.2, 0.25) is 0 Å². The molecule has 0 spiro atoms. The fourth-order valence-corrected chi connectivity index (χ4v) is 5.56. The van der Waals surface area contributed by atoms with E-state index in [0.717, 1.165) is 37.1 Å². The number of allylic oxidation sites excluding steroid dienone is 3. The summed E-state index contributed by atoms with van der Waals surface area (Å²) in [5.74, 6) is 1.67. The van der Waals surface area contributed by atoms with Crippen LogP contribution in [0.4, 0.5) is 5.82 Å². The molecule has 1 fully saturated rings. The van der Waals surface area contributed by atoms with Crippen LogP contribution < -0.4 is 5.32 Å². The standard InChI is InChI=1S/C26H31N3O2S.C2H6/c1-4-10-32-25(17(3)5-2)20-12-21-15-29(16-22(21)13-20)24(31)9-6-18-11-19-7-8-23(30)28-26(19)27-14-18;1-2/h4,6,9-12,14,21-22H,5,7-8,13,15-16H2,1-3H3,(H,27,28,30);1-2H3/b9-6+,10-4-,25-17+;. The van der Waals surface area contributed by atoms with E-state index in [1.165, 1.54) is 16.1 Å². The second-order valence-electron chi connectivity index (χ2n) is 8.77. The Bertz CT molecular complexity index is 1040. The van der Waals surface area contributed by atoms with Gasteiger partial charge in [0.25, 0.3) is 0 Å². The lowest BCUT2D eigenvalue weighted by Crippen LogP contribution is -2.27. The molecule has 0 bridgehead atoms. The molecule has 2 unspecified atom stereocenters. The molecule has 1 saturated heterocycles. The minimum atomic E-state index is 0.00754. The molecule has 6 heteroatoms. The summed E-state index contributed by atoms with van der Waals surface area (Å²) in [7, 11) is 0. The minimum Gasteiger partial charge on any atom is -0.338 e. The number of thioether (sulfide) groups is 1. The number of hydrogen-bond donors (Lipinski definition) is 1. The van der Waals surface area contributed by atoms with Crippen molar-refractivity contribution in [2.24, 2.45) is 11.8 Å². The second-order valence-corrected chi connectivity index (χ2v) is 9.69. The highest BCUT2D eigenvalue weighted by molar-refractivity contribution is 8.06. The molecule has 0 aromatic carbocycles. The number of pyridine rings is 1. The zero-order valence-electron chi connectivity index (χ0n) is 21.1. The molecule has 1 aromatic heterocycles. The summed E-state index contributed by atoms with van der Waals surface area (Å²) in [6.07, 6.45) is 13.0. The third-order valence-corrected chi connectivity index (χ3v) is 7.77. The summed E-state index contributed by atoms with van der Waals surface area (Å²) in [4.78, 5) is 32.0. The number of carbonyl (C=O) groups is 2. The van der Waals surface area contributed by atoms with E-state index in [2.05, 4.69) is 48.6 Å². The molecule has 0 saturated carbocycles. The Hall–Kier alpha value is -2.60. The molecule has 3 aliphatic rings. The number of rotatable bonds is 6. The maximum Gasteiger partial charge on any atom is 0.246 e. The van der Waals surface area contributed by atoms with Crippen molar-refractivity contribution in [2.45, 2.75) is 60.3 Å². The molecule has 2 atom stereocenters. The van der Waals surface area contributed by atoms with E-state index in [4.69, 9.17) is 0 Å². The van der Waals surface area contributed by atoms with Crippen LogP contribution in [-0.2, 0) is 16.0 Å². The highest BCUT2D eigenvalue weighted by atomic mass is 32.2. The number of likely N-dealkylation sites (tertiary alicyclic amines) is 1. The normalized spacial score (nSPS) is 22.1. The van der Waals surface area contributed by atoms with E-state index >= 15 is 0 Å². The van der Waals surface area contributed by atoms with Crippen molar-refractivity contribution in [1.82, 2.24) is 9.88 Å². The van der Waals surface area contributed by atoms with Crippen molar-refractivity contribution in [2.75, 3.05) is 18.4 Å². The zero-order chi connectivity index (χ0) is 24.7. The monoisotopic (exact) mass is 479 g/mol. The van der Waals surface area contributed by atoms with Crippen LogP contribution in [0.5, 0.6) is 0 Å². The van der Waals surface area contributed by atoms with Gasteiger partial charge in [-0.3, -0.25) is 9.59 Å². The number of aryl methyl sites for hydroxylation is 1. The number of nitrogens with one attached hydrogen (secondary N) is 1. The molecule has 4 rings (SSSR count). The Morgan fingerprint density at radius 3 is 2.79 bits per heavy atom. The molecule has 2 amide bonds. The number of aromatic nitrogens is 1. The number of nitrogens with zero attached hydrogens (tertiary/aromatic N) is 2. The zero-order valence-corrected chi connectivity index (χ0v) is 21.9. The van der Waals surface area contributed by atoms with E-state index in [1.807, 2.05) is 42.7 Å². The van der Waals surface area contributed by atoms with Crippen LogP contribution in [0.3, 0.4) is 0 Å². The van der Waals surface area contributed by atoms with Crippen LogP contribution in [0.15, 0.2) is 52.0 Å². The molecular formula is C28H37N3O2S. The summed E-state index contributed by atoms with van der Waals surface area (Å²) >= 11 is 1.82. The van der Waals surface area contributed by atoms with Crippen LogP contribution in [0.25, 0.3) is 6.08 Å². The topological polar surface area (TPSA) is 62.3 Å². The van der Waals surface area contributed by atoms with Crippen molar-refractivity contribution >= 4 is 35.5 Å². The molecule has 1 aromatic rings. The first-order valence-electron chi connectivity index (χ1n) is 12.4. The lowest BCUT2D eigenvalue weighted by molar-refractivity contribution is -0.125. The number of fused-ring (bicyclic) bond motifs is 2. The summed E-state index contributed by atoms with van der Waals surface area (Å²) in [6, 6.07) is 2.01. The first kappa shape index (κ1) is 26.0. The van der Waals surface area contributed by atoms with Gasteiger partial charge in [-0.1, -0.05) is 50.3 Å². The predicted octanol–water partition coefficient (Wildman–Crippen LogP) is 6.36. The molecular weight excluding hydrogens is 442 g/mol. The van der Waals surface area contributed by atoms with Gasteiger partial charge in [0.2, 0.25) is 11.8 Å². The van der Waals surface area contributed by atoms with Gasteiger partial charge in [0.1, 0.15) is 5.82 Å². The summed E-state index contributed by atoms with van der Waals surface area (Å²) in [6.45, 7) is 12.1. The quantitative estimate of drug-likeness (QED) is 0.482. The second kappa shape index (κ2) is 12.2. The smallest absolute Gasteiger partial charge is 0.246 e. The lowest BCUT2D eigenvalue weighted by Gasteiger charge is -2.17. The number of carbonyl (C=O) groups excluding carboxylic acids is 2. The maximum atomic E-state index is 12.8. The average molecular weight is 480 g/mol. The molecule has 2 aliphatic heterocycles. The van der Waals surface area contributed by atoms with Gasteiger partial charge in [-0.2, -0.15) is 0 Å². The Morgan fingerprint density at radius 1 is 1.29 bits per heavy atom. The Labute approximate surface area is 208 Å². The first-order valence-corrected chi connectivity index (χ1v) is 13.3. The van der Waals surface area contributed by atoms with Crippen molar-refractivity contribution in [3.05, 3.63) is 63.1 Å². The van der Waals surface area contributed by atoms with Crippen LogP contribution in [-0.4, -0.2) is 34.8 Å². The van der Waals surface area contributed by atoms with E-state index < -0.39 is 0 Å². The van der Waals surface area contributed by atoms with Crippen molar-refractivity contribution in [3.8, 4) is 0 Å². The van der Waals surface area contributed by atoms with Gasteiger partial charge >= 0.3 is 0 Å². The van der Waals surface area contributed by atoms with E-state index in [-0.39, 0.29) is 11.8 Å². The van der Waals surface area contributed by atoms with E-state index in [9.17, 15) is 9.59 Å². The van der Waals surface area contributed by atoms with Gasteiger partial charge in [-0.05, 0) is 79.2 Å². The number of anilines is 1. The molecule has 1 aliphatic carbocycles. The number of amides is 2. The van der Waals surface area contributed by atoms with Gasteiger partial charge in [0.05, 0.1) is 0 Å². The van der Waals surface area contributed by atoms with Crippen molar-refractivity contribution in [3.63, 3.8) is 0 Å². The fourth-order valence-electron chi connectivity index (χ4n) is 4.64. The lowest BCUT2D eigenvalue weighted by atomic mass is 9.99. The molecule has 182 valence electrons. The molecule has 0 radical (unpaired) electrons. The average Bonchev–Trinajstić information content (AvgIpc) is 3.43. The minimum absolute atomic E-state index is 0.00754. The summed E-state index contributed by atoms with van der Waals surface area (Å²) in [5.41, 5.74) is 4.81. The first-order chi connectivity index (χ1) is 16.5. The van der Waals surface area contributed by atoms with Crippen LogP contribution >= 0.6 is 11.8 Å². The van der Waals surface area contributed by atoms with E-state index in [1.54, 1.807) is 12.3 Å². The Morgan fingerprint density at radius 2 is 2.09 bits per heavy atom. The summed E-state index contributed by atoms with van der Waals surface area (Å²) < 4.78 is 0. The Kier molecular flexibility index (Phi) is 9.34. The Balaban J connectivity index is 0.00000158. The highest BCUT2D eigenvalue weighted by Gasteiger charge is 2.38. The van der Waals surface area contributed by atoms with Gasteiger partial charge < -0.3 is 10.2 Å². The van der Waals surface area contributed by atoms with Gasteiger partial charge in [-0.25, -0.2) is 4.98 Å². The highest BCUT2D eigenvalue weighted by Crippen LogP contribution is 2.44. The molecule has 1 N–H and O–H groups in total. The van der Waals surface area contributed by atoms with Crippen molar-refractivity contribution < 1.29 is 9.59 Å². The molecule has 3 heterocycles. The summed E-state index contributed by atoms with van der Waals surface area (Å²) in [5, 5.41) is 4.95. The molecule has 34 heavy (non-hydrogen) atoms. The van der Waals surface area contributed by atoms with E-state index in [0.29, 0.717) is 30.5 Å². The fraction of sp³-hybridized carbons (Fsp3) is 0.464. The van der Waals surface area contributed by atoms with Gasteiger partial charge in [0.15, 0.2) is 0 Å². The van der Waals surface area contributed by atoms with Crippen LogP contribution in [0, 0.1) is 11.8 Å².